The number of hydrogen-bond acceptors (Lipinski definition) is 2. The maximum absolute atomic E-state index is 12.1. The third-order valence-corrected chi connectivity index (χ3v) is 8.26. The fourth-order valence-corrected chi connectivity index (χ4v) is 5.46. The van der Waals surface area contributed by atoms with Crippen LogP contribution < -0.4 is 5.32 Å². The number of carbonyl (C=O) groups is 2. The van der Waals surface area contributed by atoms with Crippen LogP contribution in [0.1, 0.15) is 31.2 Å². The van der Waals surface area contributed by atoms with Crippen molar-refractivity contribution in [1.82, 2.24) is 0 Å². The zero-order valence-electron chi connectivity index (χ0n) is 16.3. The number of ketones is 1. The molecule has 3 nitrogen and oxygen atoms in total. The maximum atomic E-state index is 12.1. The molecule has 0 saturated carbocycles. The summed E-state index contributed by atoms with van der Waals surface area (Å²) in [7, 11) is -3.19. The van der Waals surface area contributed by atoms with Crippen molar-refractivity contribution in [2.75, 3.05) is 5.32 Å². The van der Waals surface area contributed by atoms with Crippen LogP contribution >= 0.6 is 22.2 Å². The first kappa shape index (κ1) is 23.4. The van der Waals surface area contributed by atoms with Gasteiger partial charge in [-0.25, -0.2) is 0 Å². The second kappa shape index (κ2) is 10.6. The van der Waals surface area contributed by atoms with E-state index in [1.807, 2.05) is 24.3 Å². The molecule has 0 radical (unpaired) electrons. The van der Waals surface area contributed by atoms with Crippen LogP contribution in [0.25, 0.3) is 0 Å². The summed E-state index contributed by atoms with van der Waals surface area (Å²) in [6.45, 7) is 8.38. The number of rotatable bonds is 11. The van der Waals surface area contributed by atoms with E-state index in [4.69, 9.17) is 22.2 Å². The molecule has 0 fully saturated rings. The summed E-state index contributed by atoms with van der Waals surface area (Å²) >= 11 is 12.5. The number of carbonyl (C=O) groups excluding carboxylic acids is 2. The SMILES string of the molecule is C[Si](C)(Cl)CCCC(=O)Cc1ccc(NC(=O)CCC[Si](C)(C)Cl)cc1. The zero-order valence-corrected chi connectivity index (χ0v) is 19.8. The fraction of sp³-hybridized carbons (Fsp3) is 0.579. The predicted molar refractivity (Wildman–Crippen MR) is 119 cm³/mol. The molecule has 0 aromatic heterocycles. The first-order valence-electron chi connectivity index (χ1n) is 9.23. The van der Waals surface area contributed by atoms with Gasteiger partial charge in [0.2, 0.25) is 5.91 Å². The largest absolute Gasteiger partial charge is 0.326 e. The number of hydrogen-bond donors (Lipinski definition) is 1. The Labute approximate surface area is 169 Å². The minimum absolute atomic E-state index is 0.0107. The van der Waals surface area contributed by atoms with E-state index in [2.05, 4.69) is 31.5 Å². The molecular formula is C19H31Cl2NO2Si2. The average Bonchev–Trinajstić information content (AvgIpc) is 2.46. The summed E-state index contributed by atoms with van der Waals surface area (Å²) in [6, 6.07) is 9.43. The van der Waals surface area contributed by atoms with Crippen LogP contribution in [0.5, 0.6) is 0 Å². The summed E-state index contributed by atoms with van der Waals surface area (Å²) in [5.41, 5.74) is 1.74. The Balaban J connectivity index is 2.36. The minimum Gasteiger partial charge on any atom is -0.326 e. The van der Waals surface area contributed by atoms with Crippen LogP contribution in [0.15, 0.2) is 24.3 Å². The molecule has 1 amide bonds. The molecule has 1 rings (SSSR count). The number of nitrogens with one attached hydrogen (secondary N) is 1. The van der Waals surface area contributed by atoms with Crippen molar-refractivity contribution in [3.63, 3.8) is 0 Å². The van der Waals surface area contributed by atoms with Gasteiger partial charge in [-0.15, -0.1) is 0 Å². The number of anilines is 1. The van der Waals surface area contributed by atoms with Gasteiger partial charge in [0.15, 0.2) is 14.8 Å². The maximum Gasteiger partial charge on any atom is 0.224 e. The topological polar surface area (TPSA) is 46.2 Å². The van der Waals surface area contributed by atoms with E-state index in [1.165, 1.54) is 0 Å². The molecule has 0 heterocycles. The molecule has 0 spiro atoms. The van der Waals surface area contributed by atoms with E-state index in [0.29, 0.717) is 19.3 Å². The molecule has 7 heteroatoms. The smallest absolute Gasteiger partial charge is 0.224 e. The van der Waals surface area contributed by atoms with Crippen molar-refractivity contribution < 1.29 is 9.59 Å². The van der Waals surface area contributed by atoms with Crippen molar-refractivity contribution in [1.29, 1.82) is 0 Å². The molecule has 0 aliphatic heterocycles. The van der Waals surface area contributed by atoms with Crippen molar-refractivity contribution in [2.24, 2.45) is 0 Å². The summed E-state index contributed by atoms with van der Waals surface area (Å²) in [4.78, 5) is 24.0. The third-order valence-electron chi connectivity index (χ3n) is 4.04. The second-order valence-electron chi connectivity index (χ2n) is 8.11. The van der Waals surface area contributed by atoms with Crippen LogP contribution in [0.4, 0.5) is 5.69 Å². The zero-order chi connectivity index (χ0) is 19.8. The quantitative estimate of drug-likeness (QED) is 0.335. The standard InChI is InChI=1S/C19H31Cl2NO2Si2/c1-25(2,20)13-5-7-18(23)15-16-9-11-17(12-10-16)22-19(24)8-6-14-26(3,4)21/h9-12H,5-8,13-15H2,1-4H3,(H,22,24). The Morgan fingerprint density at radius 1 is 0.885 bits per heavy atom. The number of benzene rings is 1. The molecule has 0 saturated heterocycles. The van der Waals surface area contributed by atoms with Crippen molar-refractivity contribution in [3.05, 3.63) is 29.8 Å². The highest BCUT2D eigenvalue weighted by atomic mass is 35.6. The van der Waals surface area contributed by atoms with Crippen LogP contribution in [0.3, 0.4) is 0 Å². The molecule has 1 aromatic carbocycles. The van der Waals surface area contributed by atoms with Crippen LogP contribution in [-0.2, 0) is 16.0 Å². The number of halogens is 2. The third kappa shape index (κ3) is 11.9. The van der Waals surface area contributed by atoms with Gasteiger partial charge in [-0.05, 0) is 42.6 Å². The molecule has 0 bridgehead atoms. The molecule has 0 aliphatic rings. The summed E-state index contributed by atoms with van der Waals surface area (Å²) < 4.78 is 0. The van der Waals surface area contributed by atoms with Gasteiger partial charge in [0.1, 0.15) is 5.78 Å². The van der Waals surface area contributed by atoms with Crippen molar-refractivity contribution in [3.8, 4) is 0 Å². The molecule has 0 unspecified atom stereocenters. The van der Waals surface area contributed by atoms with E-state index >= 15 is 0 Å². The lowest BCUT2D eigenvalue weighted by atomic mass is 10.1. The summed E-state index contributed by atoms with van der Waals surface area (Å²) in [6.07, 6.45) is 3.21. The predicted octanol–water partition coefficient (Wildman–Crippen LogP) is 6.18. The first-order chi connectivity index (χ1) is 11.9. The molecular weight excluding hydrogens is 401 g/mol. The fourth-order valence-electron chi connectivity index (χ4n) is 2.62. The highest BCUT2D eigenvalue weighted by molar-refractivity contribution is 7.19. The van der Waals surface area contributed by atoms with E-state index in [1.54, 1.807) is 0 Å². The summed E-state index contributed by atoms with van der Waals surface area (Å²) in [5.74, 6) is 0.251. The van der Waals surface area contributed by atoms with Gasteiger partial charge in [0.05, 0.1) is 0 Å². The second-order valence-corrected chi connectivity index (χ2v) is 22.1. The van der Waals surface area contributed by atoms with Crippen LogP contribution in [0.2, 0.25) is 38.3 Å². The monoisotopic (exact) mass is 431 g/mol. The summed E-state index contributed by atoms with van der Waals surface area (Å²) in [5, 5.41) is 2.90. The van der Waals surface area contributed by atoms with Gasteiger partial charge < -0.3 is 5.32 Å². The lowest BCUT2D eigenvalue weighted by molar-refractivity contribution is -0.118. The highest BCUT2D eigenvalue weighted by Gasteiger charge is 2.17. The highest BCUT2D eigenvalue weighted by Crippen LogP contribution is 2.19. The Morgan fingerprint density at radius 3 is 1.88 bits per heavy atom. The average molecular weight is 433 g/mol. The normalized spacial score (nSPS) is 12.1. The van der Waals surface area contributed by atoms with E-state index in [-0.39, 0.29) is 11.7 Å². The lowest BCUT2D eigenvalue weighted by Gasteiger charge is -2.12. The van der Waals surface area contributed by atoms with Gasteiger partial charge in [0, 0.05) is 24.9 Å². The van der Waals surface area contributed by atoms with Crippen LogP contribution in [0, 0.1) is 0 Å². The Kier molecular flexibility index (Phi) is 9.58. The van der Waals surface area contributed by atoms with E-state index in [9.17, 15) is 9.59 Å². The molecule has 1 N–H and O–H groups in total. The van der Waals surface area contributed by atoms with Gasteiger partial charge in [-0.3, -0.25) is 9.59 Å². The Hall–Kier alpha value is -0.626. The van der Waals surface area contributed by atoms with E-state index in [0.717, 1.165) is 36.2 Å². The van der Waals surface area contributed by atoms with Crippen LogP contribution in [-0.4, -0.2) is 26.5 Å². The molecule has 1 aromatic rings. The molecule has 26 heavy (non-hydrogen) atoms. The number of amides is 1. The Morgan fingerprint density at radius 2 is 1.38 bits per heavy atom. The van der Waals surface area contributed by atoms with Gasteiger partial charge in [-0.1, -0.05) is 38.3 Å². The first-order valence-corrected chi connectivity index (χ1v) is 17.7. The van der Waals surface area contributed by atoms with Gasteiger partial charge >= 0.3 is 0 Å². The number of Topliss-reactive ketones (excluding diaryl/α,β-unsaturated/α-hetero) is 1. The molecule has 0 aliphatic carbocycles. The molecule has 0 atom stereocenters. The molecule has 146 valence electrons. The minimum atomic E-state index is -1.60. The van der Waals surface area contributed by atoms with Gasteiger partial charge in [-0.2, -0.15) is 22.2 Å². The lowest BCUT2D eigenvalue weighted by Crippen LogP contribution is -2.17. The van der Waals surface area contributed by atoms with Crippen molar-refractivity contribution >= 4 is 54.3 Å². The van der Waals surface area contributed by atoms with E-state index < -0.39 is 14.8 Å². The van der Waals surface area contributed by atoms with Gasteiger partial charge in [0.25, 0.3) is 0 Å². The Bertz CT molecular complexity index is 540. The van der Waals surface area contributed by atoms with Crippen molar-refractivity contribution in [2.45, 2.75) is 70.4 Å².